The summed E-state index contributed by atoms with van der Waals surface area (Å²) >= 11 is 0. The van der Waals surface area contributed by atoms with Crippen molar-refractivity contribution < 1.29 is 34.2 Å². The van der Waals surface area contributed by atoms with Crippen LogP contribution in [0.15, 0.2) is 37.2 Å². The Bertz CT molecular complexity index is 620. The molecule has 0 aliphatic carbocycles. The van der Waals surface area contributed by atoms with Crippen LogP contribution in [0.5, 0.6) is 0 Å². The van der Waals surface area contributed by atoms with E-state index in [2.05, 4.69) is 6.58 Å². The van der Waals surface area contributed by atoms with E-state index in [-0.39, 0.29) is 0 Å². The first-order valence-corrected chi connectivity index (χ1v) is 12.2. The SMILES string of the molecule is C=CCSSSCCCOC(=O)c1ccc[n+](C2O[C@H](CO)[C@@H](O)[C@H]2O)c1. The number of aliphatic hydroxyl groups is 3. The van der Waals surface area contributed by atoms with Gasteiger partial charge < -0.3 is 24.8 Å². The van der Waals surface area contributed by atoms with Crippen molar-refractivity contribution in [2.45, 2.75) is 31.0 Å². The number of hydrogen-bond donors (Lipinski definition) is 3. The van der Waals surface area contributed by atoms with E-state index in [0.717, 1.165) is 17.9 Å². The molecule has 1 fully saturated rings. The van der Waals surface area contributed by atoms with Gasteiger partial charge in [-0.05, 0) is 22.3 Å². The second-order valence-electron chi connectivity index (χ2n) is 5.72. The molecule has 1 aromatic heterocycles. The van der Waals surface area contributed by atoms with Gasteiger partial charge in [-0.1, -0.05) is 27.7 Å². The molecule has 2 rings (SSSR count). The van der Waals surface area contributed by atoms with E-state index < -0.39 is 37.1 Å². The van der Waals surface area contributed by atoms with Crippen LogP contribution < -0.4 is 4.57 Å². The number of esters is 1. The summed E-state index contributed by atoms with van der Waals surface area (Å²) in [5.74, 6) is 1.31. The molecule has 27 heavy (non-hydrogen) atoms. The number of hydrogen-bond acceptors (Lipinski definition) is 9. The Morgan fingerprint density at radius 3 is 2.89 bits per heavy atom. The monoisotopic (exact) mass is 434 g/mol. The van der Waals surface area contributed by atoms with Crippen molar-refractivity contribution in [1.82, 2.24) is 0 Å². The van der Waals surface area contributed by atoms with E-state index in [1.807, 2.05) is 6.08 Å². The average molecular weight is 435 g/mol. The number of aliphatic hydroxyl groups excluding tert-OH is 3. The highest BCUT2D eigenvalue weighted by Gasteiger charge is 2.48. The number of nitrogens with zero attached hydrogens (tertiary/aromatic N) is 1. The molecule has 1 aliphatic heterocycles. The lowest BCUT2D eigenvalue weighted by Gasteiger charge is -2.10. The molecule has 10 heteroatoms. The quantitative estimate of drug-likeness (QED) is 0.157. The maximum Gasteiger partial charge on any atom is 0.344 e. The van der Waals surface area contributed by atoms with Gasteiger partial charge in [0, 0.05) is 17.6 Å². The third-order valence-corrected chi connectivity index (χ3v) is 7.99. The lowest BCUT2D eigenvalue weighted by Crippen LogP contribution is -2.46. The molecule has 1 aromatic rings. The van der Waals surface area contributed by atoms with E-state index in [1.54, 1.807) is 49.7 Å². The van der Waals surface area contributed by atoms with E-state index in [9.17, 15) is 20.1 Å². The third-order valence-electron chi connectivity index (χ3n) is 3.76. The summed E-state index contributed by atoms with van der Waals surface area (Å²) in [5.41, 5.74) is 0.318. The fraction of sp³-hybridized carbons (Fsp3) is 0.529. The molecule has 0 aromatic carbocycles. The van der Waals surface area contributed by atoms with Crippen LogP contribution in [-0.2, 0) is 9.47 Å². The molecule has 1 saturated heterocycles. The lowest BCUT2D eigenvalue weighted by atomic mass is 10.1. The normalized spacial score (nSPS) is 24.7. The second-order valence-corrected chi connectivity index (χ2v) is 10.1. The third kappa shape index (κ3) is 6.67. The standard InChI is InChI=1S/C17H24NO6S3/c1-2-8-25-27-26-9-4-7-23-17(22)12-5-3-6-18(10-12)16-15(21)14(20)13(11-19)24-16/h2-3,5-6,10,13-16,19-21H,1,4,7-9,11H2/q+1/t13-,14-,15-,16?/m1/s1. The summed E-state index contributed by atoms with van der Waals surface area (Å²) in [5, 5.41) is 29.1. The van der Waals surface area contributed by atoms with E-state index in [1.165, 1.54) is 10.8 Å². The van der Waals surface area contributed by atoms with Gasteiger partial charge in [-0.3, -0.25) is 0 Å². The van der Waals surface area contributed by atoms with Crippen molar-refractivity contribution in [3.8, 4) is 0 Å². The molecule has 2 heterocycles. The van der Waals surface area contributed by atoms with Crippen LogP contribution in [0.3, 0.4) is 0 Å². The molecular formula is C17H24NO6S3+. The van der Waals surface area contributed by atoms with Gasteiger partial charge in [0.05, 0.1) is 13.2 Å². The highest BCUT2D eigenvalue weighted by Crippen LogP contribution is 2.34. The largest absolute Gasteiger partial charge is 0.462 e. The van der Waals surface area contributed by atoms with Gasteiger partial charge in [-0.2, -0.15) is 4.57 Å². The minimum absolute atomic E-state index is 0.318. The van der Waals surface area contributed by atoms with Crippen LogP contribution in [0.1, 0.15) is 23.0 Å². The van der Waals surface area contributed by atoms with Crippen molar-refractivity contribution in [2.75, 3.05) is 24.7 Å². The zero-order chi connectivity index (χ0) is 19.6. The summed E-state index contributed by atoms with van der Waals surface area (Å²) in [7, 11) is 5.12. The zero-order valence-corrected chi connectivity index (χ0v) is 17.1. The van der Waals surface area contributed by atoms with Gasteiger partial charge in [0.15, 0.2) is 18.5 Å². The Labute approximate surface area is 169 Å². The molecule has 0 amide bonds. The summed E-state index contributed by atoms with van der Waals surface area (Å²) in [6.07, 6.45) is 1.58. The van der Waals surface area contributed by atoms with Crippen molar-refractivity contribution >= 4 is 37.4 Å². The molecule has 7 nitrogen and oxygen atoms in total. The molecule has 0 spiro atoms. The fourth-order valence-corrected chi connectivity index (χ4v) is 5.87. The van der Waals surface area contributed by atoms with Crippen LogP contribution >= 0.6 is 31.4 Å². The number of pyridine rings is 1. The number of ether oxygens (including phenoxy) is 2. The smallest absolute Gasteiger partial charge is 0.344 e. The van der Waals surface area contributed by atoms with Gasteiger partial charge in [-0.25, -0.2) is 4.79 Å². The maximum absolute atomic E-state index is 12.2. The van der Waals surface area contributed by atoms with Gasteiger partial charge in [0.1, 0.15) is 17.8 Å². The summed E-state index contributed by atoms with van der Waals surface area (Å²) < 4.78 is 12.2. The molecule has 150 valence electrons. The summed E-state index contributed by atoms with van der Waals surface area (Å²) in [4.78, 5) is 12.2. The van der Waals surface area contributed by atoms with Crippen molar-refractivity contribution in [3.05, 3.63) is 42.7 Å². The van der Waals surface area contributed by atoms with Crippen LogP contribution in [-0.4, -0.2) is 64.3 Å². The van der Waals surface area contributed by atoms with Crippen molar-refractivity contribution in [2.24, 2.45) is 0 Å². The number of carbonyl (C=O) groups is 1. The minimum Gasteiger partial charge on any atom is -0.462 e. The highest BCUT2D eigenvalue weighted by atomic mass is 33.5. The first kappa shape index (κ1) is 22.5. The van der Waals surface area contributed by atoms with Crippen LogP contribution in [0.4, 0.5) is 0 Å². The molecule has 1 aliphatic rings. The fourth-order valence-electron chi connectivity index (χ4n) is 2.41. The van der Waals surface area contributed by atoms with Gasteiger partial charge in [-0.15, -0.1) is 6.58 Å². The van der Waals surface area contributed by atoms with Crippen LogP contribution in [0.2, 0.25) is 0 Å². The number of rotatable bonds is 11. The Balaban J connectivity index is 1.81. The molecule has 0 bridgehead atoms. The van der Waals surface area contributed by atoms with E-state index in [0.29, 0.717) is 12.2 Å². The summed E-state index contributed by atoms with van der Waals surface area (Å²) in [6.45, 7) is 3.57. The van der Waals surface area contributed by atoms with Crippen molar-refractivity contribution in [1.29, 1.82) is 0 Å². The van der Waals surface area contributed by atoms with E-state index in [4.69, 9.17) is 9.47 Å². The molecule has 4 atom stereocenters. The first-order valence-electron chi connectivity index (χ1n) is 8.40. The Morgan fingerprint density at radius 1 is 1.37 bits per heavy atom. The molecule has 3 N–H and O–H groups in total. The van der Waals surface area contributed by atoms with Gasteiger partial charge >= 0.3 is 5.97 Å². The first-order chi connectivity index (χ1) is 13.1. The molecule has 0 saturated carbocycles. The van der Waals surface area contributed by atoms with Crippen LogP contribution in [0, 0.1) is 0 Å². The average Bonchev–Trinajstić information content (AvgIpc) is 2.98. The second kappa shape index (κ2) is 11.9. The Hall–Kier alpha value is -0.750. The Morgan fingerprint density at radius 2 is 2.19 bits per heavy atom. The predicted molar refractivity (Wildman–Crippen MR) is 107 cm³/mol. The maximum atomic E-state index is 12.2. The highest BCUT2D eigenvalue weighted by molar-refractivity contribution is 9.09. The van der Waals surface area contributed by atoms with Crippen LogP contribution in [0.25, 0.3) is 0 Å². The Kier molecular flexibility index (Phi) is 9.98. The zero-order valence-electron chi connectivity index (χ0n) is 14.7. The number of aromatic nitrogens is 1. The van der Waals surface area contributed by atoms with Gasteiger partial charge in [0.2, 0.25) is 0 Å². The van der Waals surface area contributed by atoms with E-state index >= 15 is 0 Å². The molecule has 0 radical (unpaired) electrons. The topological polar surface area (TPSA) is 100 Å². The number of carbonyl (C=O) groups excluding carboxylic acids is 1. The molecular weight excluding hydrogens is 410 g/mol. The minimum atomic E-state index is -1.20. The predicted octanol–water partition coefficient (Wildman–Crippen LogP) is 1.35. The van der Waals surface area contributed by atoms with Gasteiger partial charge in [0.25, 0.3) is 6.23 Å². The molecule has 1 unspecified atom stereocenters. The summed E-state index contributed by atoms with van der Waals surface area (Å²) in [6, 6.07) is 3.24. The van der Waals surface area contributed by atoms with Crippen molar-refractivity contribution in [3.63, 3.8) is 0 Å². The lowest BCUT2D eigenvalue weighted by molar-refractivity contribution is -0.765.